The molecule has 2 aromatic carbocycles. The van der Waals surface area contributed by atoms with Gasteiger partial charge in [0.1, 0.15) is 0 Å². The topological polar surface area (TPSA) is 78.5 Å². The lowest BCUT2D eigenvalue weighted by Gasteiger charge is -2.21. The first-order chi connectivity index (χ1) is 14.8. The minimum absolute atomic E-state index is 0.0278. The van der Waals surface area contributed by atoms with Gasteiger partial charge in [0.2, 0.25) is 15.9 Å². The molecule has 0 bridgehead atoms. The van der Waals surface area contributed by atoms with Gasteiger partial charge in [-0.15, -0.1) is 0 Å². The van der Waals surface area contributed by atoms with Gasteiger partial charge in [-0.25, -0.2) is 8.42 Å². The first kappa shape index (κ1) is 23.7. The summed E-state index contributed by atoms with van der Waals surface area (Å²) < 4.78 is 27.9. The second kappa shape index (κ2) is 10.6. The number of rotatable bonds is 7. The number of aryl methyl sites for hydroxylation is 1. The Hall–Kier alpha value is -1.93. The molecule has 1 fully saturated rings. The molecule has 0 aliphatic carbocycles. The van der Waals surface area contributed by atoms with E-state index in [4.69, 9.17) is 11.6 Å². The molecule has 0 saturated carbocycles. The van der Waals surface area contributed by atoms with Crippen molar-refractivity contribution < 1.29 is 13.2 Å². The fourth-order valence-corrected chi connectivity index (χ4v) is 5.59. The molecule has 0 aromatic heterocycles. The number of nitrogens with one attached hydrogen (secondary N) is 2. The molecule has 8 heteroatoms. The maximum Gasteiger partial charge on any atom is 0.243 e. The van der Waals surface area contributed by atoms with Crippen molar-refractivity contribution >= 4 is 33.2 Å². The van der Waals surface area contributed by atoms with Gasteiger partial charge in [-0.1, -0.05) is 42.6 Å². The molecule has 2 N–H and O–H groups in total. The maximum absolute atomic E-state index is 13.2. The zero-order valence-corrected chi connectivity index (χ0v) is 19.6. The third-order valence-corrected chi connectivity index (χ3v) is 7.89. The quantitative estimate of drug-likeness (QED) is 0.633. The van der Waals surface area contributed by atoms with Crippen LogP contribution >= 0.6 is 11.6 Å². The van der Waals surface area contributed by atoms with E-state index < -0.39 is 10.0 Å². The average molecular weight is 464 g/mol. The van der Waals surface area contributed by atoms with Crippen LogP contribution in [0, 0.1) is 6.92 Å². The smallest absolute Gasteiger partial charge is 0.243 e. The van der Waals surface area contributed by atoms with Crippen LogP contribution in [0.2, 0.25) is 5.02 Å². The van der Waals surface area contributed by atoms with Crippen LogP contribution in [-0.4, -0.2) is 38.3 Å². The van der Waals surface area contributed by atoms with Crippen LogP contribution in [0.4, 0.5) is 5.69 Å². The van der Waals surface area contributed by atoms with E-state index in [0.29, 0.717) is 29.4 Å². The van der Waals surface area contributed by atoms with E-state index in [1.54, 1.807) is 29.4 Å². The standard InChI is InChI=1S/C23H30ClN3O3S/c1-17-7-12-21(15-22(17)31(29,30)27-13-5-3-4-6-14-27)26-23(28)16-25-18(2)19-8-10-20(24)11-9-19/h7-12,15,18,25H,3-6,13-14,16H2,1-2H3,(H,26,28)/t18-/m1/s1. The predicted octanol–water partition coefficient (Wildman–Crippen LogP) is 4.50. The Bertz CT molecular complexity index is 1000. The van der Waals surface area contributed by atoms with Crippen molar-refractivity contribution in [2.45, 2.75) is 50.5 Å². The SMILES string of the molecule is Cc1ccc(NC(=O)CN[C@H](C)c2ccc(Cl)cc2)cc1S(=O)(=O)N1CCCCCC1. The molecule has 1 atom stereocenters. The molecule has 1 saturated heterocycles. The first-order valence-electron chi connectivity index (χ1n) is 10.7. The van der Waals surface area contributed by atoms with Gasteiger partial charge in [-0.05, 0) is 62.1 Å². The number of benzene rings is 2. The lowest BCUT2D eigenvalue weighted by Crippen LogP contribution is -2.32. The lowest BCUT2D eigenvalue weighted by atomic mass is 10.1. The van der Waals surface area contributed by atoms with Crippen LogP contribution in [0.3, 0.4) is 0 Å². The molecule has 31 heavy (non-hydrogen) atoms. The van der Waals surface area contributed by atoms with Gasteiger partial charge in [0.05, 0.1) is 11.4 Å². The molecular formula is C23H30ClN3O3S. The highest BCUT2D eigenvalue weighted by molar-refractivity contribution is 7.89. The number of nitrogens with zero attached hydrogens (tertiary/aromatic N) is 1. The minimum Gasteiger partial charge on any atom is -0.325 e. The highest BCUT2D eigenvalue weighted by Gasteiger charge is 2.27. The van der Waals surface area contributed by atoms with Gasteiger partial charge in [0.15, 0.2) is 0 Å². The Morgan fingerprint density at radius 3 is 2.35 bits per heavy atom. The summed E-state index contributed by atoms with van der Waals surface area (Å²) in [7, 11) is -3.58. The molecule has 2 aromatic rings. The highest BCUT2D eigenvalue weighted by atomic mass is 35.5. The molecule has 1 heterocycles. The average Bonchev–Trinajstić information content (AvgIpc) is 3.04. The number of amides is 1. The van der Waals surface area contributed by atoms with Gasteiger partial charge in [0, 0.05) is 29.8 Å². The van der Waals surface area contributed by atoms with E-state index >= 15 is 0 Å². The van der Waals surface area contributed by atoms with E-state index in [1.165, 1.54) is 0 Å². The number of sulfonamides is 1. The predicted molar refractivity (Wildman–Crippen MR) is 125 cm³/mol. The zero-order chi connectivity index (χ0) is 22.4. The second-order valence-corrected chi connectivity index (χ2v) is 10.3. The van der Waals surface area contributed by atoms with Crippen molar-refractivity contribution in [1.82, 2.24) is 9.62 Å². The van der Waals surface area contributed by atoms with Crippen LogP contribution in [0.15, 0.2) is 47.4 Å². The summed E-state index contributed by atoms with van der Waals surface area (Å²) in [5, 5.41) is 6.64. The number of hydrogen-bond acceptors (Lipinski definition) is 4. The van der Waals surface area contributed by atoms with Gasteiger partial charge in [-0.3, -0.25) is 4.79 Å². The Balaban J connectivity index is 1.65. The molecule has 1 aliphatic rings. The van der Waals surface area contributed by atoms with Crippen LogP contribution in [0.25, 0.3) is 0 Å². The summed E-state index contributed by atoms with van der Waals surface area (Å²) in [6.45, 7) is 4.95. The Morgan fingerprint density at radius 2 is 1.71 bits per heavy atom. The number of hydrogen-bond donors (Lipinski definition) is 2. The Labute approximate surface area is 190 Å². The van der Waals surface area contributed by atoms with E-state index in [0.717, 1.165) is 31.2 Å². The van der Waals surface area contributed by atoms with Crippen LogP contribution in [-0.2, 0) is 14.8 Å². The molecule has 0 spiro atoms. The third kappa shape index (κ3) is 6.29. The summed E-state index contributed by atoms with van der Waals surface area (Å²) in [6.07, 6.45) is 3.88. The molecule has 1 amide bonds. The van der Waals surface area contributed by atoms with Crippen molar-refractivity contribution in [3.05, 3.63) is 58.6 Å². The Kier molecular flexibility index (Phi) is 8.11. The number of carbonyl (C=O) groups excluding carboxylic acids is 1. The third-order valence-electron chi connectivity index (χ3n) is 5.59. The van der Waals surface area contributed by atoms with Crippen molar-refractivity contribution in [3.8, 4) is 0 Å². The molecule has 3 rings (SSSR count). The number of carbonyl (C=O) groups is 1. The first-order valence-corrected chi connectivity index (χ1v) is 12.5. The van der Waals surface area contributed by atoms with Crippen LogP contribution in [0.5, 0.6) is 0 Å². The van der Waals surface area contributed by atoms with E-state index in [2.05, 4.69) is 10.6 Å². The second-order valence-electron chi connectivity index (χ2n) is 8.00. The molecule has 0 unspecified atom stereocenters. The summed E-state index contributed by atoms with van der Waals surface area (Å²) in [5.74, 6) is -0.234. The highest BCUT2D eigenvalue weighted by Crippen LogP contribution is 2.26. The summed E-state index contributed by atoms with van der Waals surface area (Å²) >= 11 is 5.92. The van der Waals surface area contributed by atoms with Crippen LogP contribution in [0.1, 0.15) is 49.8 Å². The van der Waals surface area contributed by atoms with Crippen molar-refractivity contribution in [2.24, 2.45) is 0 Å². The minimum atomic E-state index is -3.58. The molecule has 6 nitrogen and oxygen atoms in total. The fourth-order valence-electron chi connectivity index (χ4n) is 3.70. The van der Waals surface area contributed by atoms with E-state index in [-0.39, 0.29) is 23.4 Å². The van der Waals surface area contributed by atoms with Gasteiger partial charge in [0.25, 0.3) is 0 Å². The maximum atomic E-state index is 13.2. The van der Waals surface area contributed by atoms with Crippen molar-refractivity contribution in [2.75, 3.05) is 25.0 Å². The van der Waals surface area contributed by atoms with Gasteiger partial charge >= 0.3 is 0 Å². The van der Waals surface area contributed by atoms with Crippen LogP contribution < -0.4 is 10.6 Å². The van der Waals surface area contributed by atoms with E-state index in [9.17, 15) is 13.2 Å². The van der Waals surface area contributed by atoms with Gasteiger partial charge < -0.3 is 10.6 Å². The summed E-state index contributed by atoms with van der Waals surface area (Å²) in [6, 6.07) is 12.5. The molecule has 1 aliphatic heterocycles. The summed E-state index contributed by atoms with van der Waals surface area (Å²) in [5.41, 5.74) is 2.18. The lowest BCUT2D eigenvalue weighted by molar-refractivity contribution is -0.115. The normalized spacial score (nSPS) is 16.5. The number of anilines is 1. The monoisotopic (exact) mass is 463 g/mol. The number of halogens is 1. The summed E-state index contributed by atoms with van der Waals surface area (Å²) in [4.78, 5) is 12.7. The molecule has 168 valence electrons. The molecular weight excluding hydrogens is 434 g/mol. The Morgan fingerprint density at radius 1 is 1.06 bits per heavy atom. The van der Waals surface area contributed by atoms with Crippen molar-refractivity contribution in [3.63, 3.8) is 0 Å². The van der Waals surface area contributed by atoms with Crippen molar-refractivity contribution in [1.29, 1.82) is 0 Å². The van der Waals surface area contributed by atoms with E-state index in [1.807, 2.05) is 31.2 Å². The molecule has 0 radical (unpaired) electrons. The largest absolute Gasteiger partial charge is 0.325 e. The van der Waals surface area contributed by atoms with Gasteiger partial charge in [-0.2, -0.15) is 4.31 Å². The zero-order valence-electron chi connectivity index (χ0n) is 18.0. The fraction of sp³-hybridized carbons (Fsp3) is 0.435.